The highest BCUT2D eigenvalue weighted by Crippen LogP contribution is 2.29. The van der Waals surface area contributed by atoms with Crippen molar-refractivity contribution in [3.8, 4) is 5.75 Å². The van der Waals surface area contributed by atoms with Crippen molar-refractivity contribution in [3.05, 3.63) is 29.3 Å². The van der Waals surface area contributed by atoms with Gasteiger partial charge in [0.25, 0.3) is 5.91 Å². The van der Waals surface area contributed by atoms with Crippen molar-refractivity contribution in [1.29, 1.82) is 0 Å². The topological polar surface area (TPSA) is 93.5 Å². The van der Waals surface area contributed by atoms with Crippen molar-refractivity contribution in [2.24, 2.45) is 5.73 Å². The normalized spacial score (nSPS) is 22.1. The molecule has 0 bridgehead atoms. The molecule has 2 rings (SSSR count). The molecule has 1 aliphatic heterocycles. The minimum Gasteiger partial charge on any atom is -0.496 e. The molecule has 1 heterocycles. The summed E-state index contributed by atoms with van der Waals surface area (Å²) in [5, 5.41) is 4.83. The zero-order chi connectivity index (χ0) is 14.0. The maximum absolute atomic E-state index is 12.0. The lowest BCUT2D eigenvalue weighted by Gasteiger charge is -2.25. The summed E-state index contributed by atoms with van der Waals surface area (Å²) < 4.78 is 5.25. The molecule has 6 heteroatoms. The molecule has 6 nitrogen and oxygen atoms in total. The second kappa shape index (κ2) is 4.89. The number of imide groups is 1. The van der Waals surface area contributed by atoms with Gasteiger partial charge in [0, 0.05) is 6.54 Å². The van der Waals surface area contributed by atoms with E-state index in [0.29, 0.717) is 5.56 Å². The molecule has 0 saturated carbocycles. The number of methoxy groups -OCH3 is 1. The second-order valence-corrected chi connectivity index (χ2v) is 4.40. The SMILES string of the molecule is CCc1cc(C2(CN)NC(=O)NC2=O)ccc1OC. The molecule has 4 N–H and O–H groups in total. The summed E-state index contributed by atoms with van der Waals surface area (Å²) in [5.74, 6) is 0.329. The highest BCUT2D eigenvalue weighted by molar-refractivity contribution is 6.07. The minimum atomic E-state index is -1.19. The van der Waals surface area contributed by atoms with E-state index in [2.05, 4.69) is 10.6 Å². The van der Waals surface area contributed by atoms with Gasteiger partial charge in [-0.15, -0.1) is 0 Å². The molecule has 1 aromatic rings. The van der Waals surface area contributed by atoms with E-state index in [4.69, 9.17) is 10.5 Å². The van der Waals surface area contributed by atoms with Crippen LogP contribution < -0.4 is 21.1 Å². The molecule has 0 aliphatic carbocycles. The molecule has 19 heavy (non-hydrogen) atoms. The van der Waals surface area contributed by atoms with Gasteiger partial charge < -0.3 is 15.8 Å². The van der Waals surface area contributed by atoms with E-state index in [1.165, 1.54) is 0 Å². The Bertz CT molecular complexity index is 530. The van der Waals surface area contributed by atoms with Crippen molar-refractivity contribution in [2.45, 2.75) is 18.9 Å². The summed E-state index contributed by atoms with van der Waals surface area (Å²) >= 11 is 0. The molecule has 0 spiro atoms. The summed E-state index contributed by atoms with van der Waals surface area (Å²) in [6, 6.07) is 4.85. The molecule has 0 radical (unpaired) electrons. The molecule has 1 aromatic carbocycles. The van der Waals surface area contributed by atoms with Crippen molar-refractivity contribution < 1.29 is 14.3 Å². The summed E-state index contributed by atoms with van der Waals surface area (Å²) in [7, 11) is 1.59. The number of urea groups is 1. The number of carbonyl (C=O) groups is 2. The number of carbonyl (C=O) groups excluding carboxylic acids is 2. The molecule has 1 unspecified atom stereocenters. The summed E-state index contributed by atoms with van der Waals surface area (Å²) in [5.41, 5.74) is 6.14. The maximum atomic E-state index is 12.0. The Morgan fingerprint density at radius 3 is 2.58 bits per heavy atom. The zero-order valence-electron chi connectivity index (χ0n) is 10.9. The van der Waals surface area contributed by atoms with Crippen LogP contribution in [0.1, 0.15) is 18.1 Å². The Labute approximate surface area is 111 Å². The average Bonchev–Trinajstić information content (AvgIpc) is 2.73. The van der Waals surface area contributed by atoms with Crippen LogP contribution in [0.2, 0.25) is 0 Å². The van der Waals surface area contributed by atoms with Gasteiger partial charge in [-0.1, -0.05) is 13.0 Å². The van der Waals surface area contributed by atoms with Crippen LogP contribution in [0.25, 0.3) is 0 Å². The molecule has 1 saturated heterocycles. The van der Waals surface area contributed by atoms with Gasteiger partial charge in [-0.25, -0.2) is 4.79 Å². The number of hydrogen-bond acceptors (Lipinski definition) is 4. The summed E-state index contributed by atoms with van der Waals surface area (Å²) in [4.78, 5) is 23.3. The van der Waals surface area contributed by atoms with Crippen LogP contribution in [-0.4, -0.2) is 25.6 Å². The monoisotopic (exact) mass is 263 g/mol. The first-order valence-corrected chi connectivity index (χ1v) is 6.08. The summed E-state index contributed by atoms with van der Waals surface area (Å²) in [6.07, 6.45) is 0.757. The van der Waals surface area contributed by atoms with Gasteiger partial charge in [0.2, 0.25) is 0 Å². The van der Waals surface area contributed by atoms with Crippen LogP contribution in [0, 0.1) is 0 Å². The van der Waals surface area contributed by atoms with E-state index in [1.807, 2.05) is 13.0 Å². The predicted molar refractivity (Wildman–Crippen MR) is 69.8 cm³/mol. The van der Waals surface area contributed by atoms with E-state index < -0.39 is 17.5 Å². The number of ether oxygens (including phenoxy) is 1. The highest BCUT2D eigenvalue weighted by atomic mass is 16.5. The van der Waals surface area contributed by atoms with E-state index in [-0.39, 0.29) is 6.54 Å². The number of benzene rings is 1. The van der Waals surface area contributed by atoms with Crippen molar-refractivity contribution in [2.75, 3.05) is 13.7 Å². The van der Waals surface area contributed by atoms with Gasteiger partial charge in [0.05, 0.1) is 7.11 Å². The number of rotatable bonds is 4. The predicted octanol–water partition coefficient (Wildman–Crippen LogP) is 0.251. The molecular formula is C13H17N3O3. The fourth-order valence-corrected chi connectivity index (χ4v) is 2.28. The largest absolute Gasteiger partial charge is 0.496 e. The number of amides is 3. The fourth-order valence-electron chi connectivity index (χ4n) is 2.28. The number of aryl methyl sites for hydroxylation is 1. The minimum absolute atomic E-state index is 0.0000560. The summed E-state index contributed by atoms with van der Waals surface area (Å²) in [6.45, 7) is 1.99. The van der Waals surface area contributed by atoms with E-state index in [9.17, 15) is 9.59 Å². The lowest BCUT2D eigenvalue weighted by atomic mass is 9.88. The van der Waals surface area contributed by atoms with Gasteiger partial charge in [0.1, 0.15) is 5.75 Å². The van der Waals surface area contributed by atoms with Crippen LogP contribution in [0.5, 0.6) is 5.75 Å². The van der Waals surface area contributed by atoms with Crippen molar-refractivity contribution in [3.63, 3.8) is 0 Å². The Hall–Kier alpha value is -2.08. The Kier molecular flexibility index (Phi) is 3.44. The van der Waals surface area contributed by atoms with Crippen LogP contribution in [0.4, 0.5) is 4.79 Å². The first kappa shape index (κ1) is 13.4. The van der Waals surface area contributed by atoms with Gasteiger partial charge in [-0.05, 0) is 29.7 Å². The third-order valence-electron chi connectivity index (χ3n) is 3.40. The molecular weight excluding hydrogens is 246 g/mol. The van der Waals surface area contributed by atoms with Crippen LogP contribution in [0.15, 0.2) is 18.2 Å². The second-order valence-electron chi connectivity index (χ2n) is 4.40. The fraction of sp³-hybridized carbons (Fsp3) is 0.385. The standard InChI is InChI=1S/C13H17N3O3/c1-3-8-6-9(4-5-10(8)19-2)13(7-14)11(17)15-12(18)16-13/h4-6H,3,7,14H2,1-2H3,(H2,15,16,17,18). The Balaban J connectivity index is 2.50. The molecule has 1 fully saturated rings. The van der Waals surface area contributed by atoms with Gasteiger partial charge in [-0.2, -0.15) is 0 Å². The van der Waals surface area contributed by atoms with Gasteiger partial charge in [-0.3, -0.25) is 10.1 Å². The molecule has 1 atom stereocenters. The van der Waals surface area contributed by atoms with Crippen molar-refractivity contribution in [1.82, 2.24) is 10.6 Å². The Morgan fingerprint density at radius 2 is 2.11 bits per heavy atom. The number of hydrogen-bond donors (Lipinski definition) is 3. The van der Waals surface area contributed by atoms with Crippen LogP contribution >= 0.6 is 0 Å². The van der Waals surface area contributed by atoms with E-state index in [1.54, 1.807) is 19.2 Å². The third kappa shape index (κ3) is 2.04. The lowest BCUT2D eigenvalue weighted by Crippen LogP contribution is -2.50. The first-order chi connectivity index (χ1) is 9.07. The Morgan fingerprint density at radius 1 is 1.37 bits per heavy atom. The smallest absolute Gasteiger partial charge is 0.322 e. The van der Waals surface area contributed by atoms with Gasteiger partial charge in [0.15, 0.2) is 5.54 Å². The first-order valence-electron chi connectivity index (χ1n) is 6.08. The molecule has 3 amide bonds. The lowest BCUT2D eigenvalue weighted by molar-refractivity contribution is -0.123. The zero-order valence-corrected chi connectivity index (χ0v) is 10.9. The highest BCUT2D eigenvalue weighted by Gasteiger charge is 2.46. The number of nitrogens with two attached hydrogens (primary N) is 1. The average molecular weight is 263 g/mol. The molecule has 102 valence electrons. The molecule has 1 aliphatic rings. The maximum Gasteiger partial charge on any atom is 0.322 e. The molecule has 0 aromatic heterocycles. The van der Waals surface area contributed by atoms with Crippen LogP contribution in [0.3, 0.4) is 0 Å². The van der Waals surface area contributed by atoms with Crippen LogP contribution in [-0.2, 0) is 16.8 Å². The van der Waals surface area contributed by atoms with Gasteiger partial charge >= 0.3 is 6.03 Å². The number of nitrogens with one attached hydrogen (secondary N) is 2. The quantitative estimate of drug-likeness (QED) is 0.679. The third-order valence-corrected chi connectivity index (χ3v) is 3.40. The van der Waals surface area contributed by atoms with Crippen molar-refractivity contribution >= 4 is 11.9 Å². The van der Waals surface area contributed by atoms with E-state index >= 15 is 0 Å². The van der Waals surface area contributed by atoms with E-state index in [0.717, 1.165) is 17.7 Å².